The highest BCUT2D eigenvalue weighted by molar-refractivity contribution is 6.29. The summed E-state index contributed by atoms with van der Waals surface area (Å²) >= 11 is 5.68. The Bertz CT molecular complexity index is 366. The fourth-order valence-corrected chi connectivity index (χ4v) is 1.91. The van der Waals surface area contributed by atoms with Gasteiger partial charge in [-0.2, -0.15) is 0 Å². The standard InChI is InChI=1S/C10H11ClFNO2/c11-9-5-7(8(12)6-13-9)10(14)1-3-15-4-2-10/h5-6,14H,1-4H2. The molecule has 1 aliphatic heterocycles. The van der Waals surface area contributed by atoms with Crippen LogP contribution in [-0.2, 0) is 10.3 Å². The van der Waals surface area contributed by atoms with Crippen LogP contribution in [0.15, 0.2) is 12.3 Å². The van der Waals surface area contributed by atoms with Gasteiger partial charge in [-0.15, -0.1) is 0 Å². The summed E-state index contributed by atoms with van der Waals surface area (Å²) in [5, 5.41) is 10.4. The molecule has 3 nitrogen and oxygen atoms in total. The lowest BCUT2D eigenvalue weighted by molar-refractivity contribution is -0.0698. The van der Waals surface area contributed by atoms with Gasteiger partial charge in [0.1, 0.15) is 11.0 Å². The number of aromatic nitrogens is 1. The van der Waals surface area contributed by atoms with Crippen molar-refractivity contribution in [3.63, 3.8) is 0 Å². The number of halogens is 2. The molecule has 2 heterocycles. The molecule has 15 heavy (non-hydrogen) atoms. The van der Waals surface area contributed by atoms with Crippen molar-refractivity contribution < 1.29 is 14.2 Å². The molecule has 1 aromatic heterocycles. The van der Waals surface area contributed by atoms with Gasteiger partial charge in [0.2, 0.25) is 0 Å². The lowest BCUT2D eigenvalue weighted by atomic mass is 9.87. The number of nitrogens with zero attached hydrogens (tertiary/aromatic N) is 1. The van der Waals surface area contributed by atoms with E-state index in [4.69, 9.17) is 16.3 Å². The molecule has 0 saturated carbocycles. The fraction of sp³-hybridized carbons (Fsp3) is 0.500. The van der Waals surface area contributed by atoms with Gasteiger partial charge in [-0.25, -0.2) is 9.37 Å². The molecule has 0 radical (unpaired) electrons. The first-order chi connectivity index (χ1) is 7.12. The summed E-state index contributed by atoms with van der Waals surface area (Å²) in [4.78, 5) is 3.61. The van der Waals surface area contributed by atoms with Crippen molar-refractivity contribution in [2.45, 2.75) is 18.4 Å². The van der Waals surface area contributed by atoms with Gasteiger partial charge in [-0.3, -0.25) is 0 Å². The Morgan fingerprint density at radius 2 is 2.13 bits per heavy atom. The van der Waals surface area contributed by atoms with Crippen LogP contribution in [0.25, 0.3) is 0 Å². The first-order valence-electron chi connectivity index (χ1n) is 4.73. The third-order valence-electron chi connectivity index (χ3n) is 2.64. The van der Waals surface area contributed by atoms with Crippen LogP contribution in [0.2, 0.25) is 5.15 Å². The summed E-state index contributed by atoms with van der Waals surface area (Å²) in [5.41, 5.74) is -0.958. The van der Waals surface area contributed by atoms with E-state index >= 15 is 0 Å². The molecule has 1 fully saturated rings. The van der Waals surface area contributed by atoms with Crippen molar-refractivity contribution >= 4 is 11.6 Å². The van der Waals surface area contributed by atoms with Gasteiger partial charge in [0.25, 0.3) is 0 Å². The zero-order valence-electron chi connectivity index (χ0n) is 8.04. The number of ether oxygens (including phenoxy) is 1. The molecule has 0 spiro atoms. The van der Waals surface area contributed by atoms with E-state index in [1.54, 1.807) is 0 Å². The summed E-state index contributed by atoms with van der Waals surface area (Å²) in [6.45, 7) is 0.853. The molecule has 0 unspecified atom stereocenters. The minimum Gasteiger partial charge on any atom is -0.385 e. The van der Waals surface area contributed by atoms with Crippen LogP contribution in [0.5, 0.6) is 0 Å². The lowest BCUT2D eigenvalue weighted by Gasteiger charge is -2.32. The normalized spacial score (nSPS) is 20.2. The minimum atomic E-state index is -1.17. The molecule has 1 saturated heterocycles. The Morgan fingerprint density at radius 3 is 2.80 bits per heavy atom. The third-order valence-corrected chi connectivity index (χ3v) is 2.85. The van der Waals surface area contributed by atoms with E-state index in [0.29, 0.717) is 26.1 Å². The van der Waals surface area contributed by atoms with Crippen molar-refractivity contribution in [1.82, 2.24) is 4.98 Å². The van der Waals surface area contributed by atoms with E-state index in [-0.39, 0.29) is 10.7 Å². The first kappa shape index (κ1) is 10.8. The minimum absolute atomic E-state index is 0.186. The highest BCUT2D eigenvalue weighted by Gasteiger charge is 2.34. The molecule has 5 heteroatoms. The first-order valence-corrected chi connectivity index (χ1v) is 5.11. The largest absolute Gasteiger partial charge is 0.385 e. The van der Waals surface area contributed by atoms with Gasteiger partial charge in [0.15, 0.2) is 0 Å². The van der Waals surface area contributed by atoms with Gasteiger partial charge in [-0.05, 0) is 6.07 Å². The van der Waals surface area contributed by atoms with Crippen molar-refractivity contribution in [1.29, 1.82) is 0 Å². The molecule has 0 aliphatic carbocycles. The average Bonchev–Trinajstić information content (AvgIpc) is 2.23. The maximum Gasteiger partial charge on any atom is 0.147 e. The summed E-state index contributed by atoms with van der Waals surface area (Å²) < 4.78 is 18.6. The molecule has 1 aliphatic rings. The number of hydrogen-bond acceptors (Lipinski definition) is 3. The fourth-order valence-electron chi connectivity index (χ4n) is 1.75. The van der Waals surface area contributed by atoms with E-state index in [1.807, 2.05) is 0 Å². The van der Waals surface area contributed by atoms with E-state index in [1.165, 1.54) is 6.07 Å². The van der Waals surface area contributed by atoms with Crippen molar-refractivity contribution in [3.05, 3.63) is 28.8 Å². The Kier molecular flexibility index (Phi) is 2.91. The Morgan fingerprint density at radius 1 is 1.47 bits per heavy atom. The molecule has 82 valence electrons. The lowest BCUT2D eigenvalue weighted by Crippen LogP contribution is -2.34. The highest BCUT2D eigenvalue weighted by atomic mass is 35.5. The SMILES string of the molecule is OC1(c2cc(Cl)ncc2F)CCOCC1. The predicted molar refractivity (Wildman–Crippen MR) is 53.2 cm³/mol. The topological polar surface area (TPSA) is 42.4 Å². The van der Waals surface area contributed by atoms with Crippen LogP contribution in [0.1, 0.15) is 18.4 Å². The van der Waals surface area contributed by atoms with Gasteiger partial charge >= 0.3 is 0 Å². The van der Waals surface area contributed by atoms with Crippen LogP contribution in [-0.4, -0.2) is 23.3 Å². The number of pyridine rings is 1. The molecule has 2 rings (SSSR count). The summed E-state index contributed by atoms with van der Waals surface area (Å²) in [7, 11) is 0. The maximum absolute atomic E-state index is 13.5. The zero-order chi connectivity index (χ0) is 10.9. The molecule has 1 N–H and O–H groups in total. The van der Waals surface area contributed by atoms with Gasteiger partial charge in [0, 0.05) is 31.6 Å². The molecule has 0 aromatic carbocycles. The van der Waals surface area contributed by atoms with Crippen molar-refractivity contribution in [2.75, 3.05) is 13.2 Å². The smallest absolute Gasteiger partial charge is 0.147 e. The van der Waals surface area contributed by atoms with Crippen LogP contribution < -0.4 is 0 Å². The molecular formula is C10H11ClFNO2. The van der Waals surface area contributed by atoms with Crippen LogP contribution in [0.4, 0.5) is 4.39 Å². The van der Waals surface area contributed by atoms with E-state index in [2.05, 4.69) is 4.98 Å². The second kappa shape index (κ2) is 4.04. The van der Waals surface area contributed by atoms with Crippen LogP contribution in [0, 0.1) is 5.82 Å². The summed E-state index contributed by atoms with van der Waals surface area (Å²) in [6, 6.07) is 1.38. The average molecular weight is 232 g/mol. The van der Waals surface area contributed by atoms with Gasteiger partial charge in [0.05, 0.1) is 11.8 Å². The number of hydrogen-bond donors (Lipinski definition) is 1. The van der Waals surface area contributed by atoms with E-state index in [0.717, 1.165) is 6.20 Å². The van der Waals surface area contributed by atoms with Crippen LogP contribution in [0.3, 0.4) is 0 Å². The monoisotopic (exact) mass is 231 g/mol. The second-order valence-electron chi connectivity index (χ2n) is 3.63. The second-order valence-corrected chi connectivity index (χ2v) is 4.02. The Balaban J connectivity index is 2.38. The van der Waals surface area contributed by atoms with Crippen LogP contribution >= 0.6 is 11.6 Å². The van der Waals surface area contributed by atoms with Crippen molar-refractivity contribution in [2.24, 2.45) is 0 Å². The predicted octanol–water partition coefficient (Wildman–Crippen LogP) is 1.87. The molecule has 0 amide bonds. The summed E-state index contributed by atoms with van der Waals surface area (Å²) in [6.07, 6.45) is 1.79. The van der Waals surface area contributed by atoms with E-state index < -0.39 is 11.4 Å². The summed E-state index contributed by atoms with van der Waals surface area (Å²) in [5.74, 6) is -0.524. The Labute approximate surface area is 91.8 Å². The molecule has 0 bridgehead atoms. The Hall–Kier alpha value is -0.710. The quantitative estimate of drug-likeness (QED) is 0.751. The number of rotatable bonds is 1. The zero-order valence-corrected chi connectivity index (χ0v) is 8.80. The number of aliphatic hydroxyl groups is 1. The molecular weight excluding hydrogens is 221 g/mol. The van der Waals surface area contributed by atoms with E-state index in [9.17, 15) is 9.50 Å². The maximum atomic E-state index is 13.5. The molecule has 1 aromatic rings. The third kappa shape index (κ3) is 2.12. The van der Waals surface area contributed by atoms with Gasteiger partial charge in [-0.1, -0.05) is 11.6 Å². The molecule has 0 atom stereocenters. The van der Waals surface area contributed by atoms with Gasteiger partial charge < -0.3 is 9.84 Å². The van der Waals surface area contributed by atoms with Crippen molar-refractivity contribution in [3.8, 4) is 0 Å². The highest BCUT2D eigenvalue weighted by Crippen LogP contribution is 2.34.